The van der Waals surface area contributed by atoms with E-state index in [2.05, 4.69) is 17.0 Å². The largest absolute Gasteiger partial charge is 0.619 e. The van der Waals surface area contributed by atoms with Crippen LogP contribution in [-0.2, 0) is 6.42 Å². The molecule has 2 aromatic rings. The van der Waals surface area contributed by atoms with Gasteiger partial charge < -0.3 is 15.0 Å². The molecule has 1 aromatic heterocycles. The summed E-state index contributed by atoms with van der Waals surface area (Å²) in [6.45, 7) is 3.84. The van der Waals surface area contributed by atoms with Gasteiger partial charge in [-0.15, -0.1) is 0 Å². The lowest BCUT2D eigenvalue weighted by Gasteiger charge is -2.34. The first-order chi connectivity index (χ1) is 13.0. The average molecular weight is 388 g/mol. The molecule has 0 aliphatic carbocycles. The molecule has 1 fully saturated rings. The van der Waals surface area contributed by atoms with Crippen LogP contribution in [-0.4, -0.2) is 48.9 Å². The Hall–Kier alpha value is -2.11. The Labute approximate surface area is 165 Å². The number of nitrogens with zero attached hydrogens (tertiary/aromatic N) is 3. The predicted octanol–water partition coefficient (Wildman–Crippen LogP) is 3.00. The first kappa shape index (κ1) is 19.6. The standard InChI is InChI=1S/C21H26ClN3O2/c1-23(21(26)19-5-3-12-25(27)16-19)14-18-4-2-11-24(15-18)13-10-17-6-8-20(22)9-7-17/h3,5-9,12,16,18H,2,4,10-11,13-15H2,1H3/t18-/m1/s1. The third-order valence-corrected chi connectivity index (χ3v) is 5.39. The number of hydrogen-bond donors (Lipinski definition) is 0. The molecule has 6 heteroatoms. The van der Waals surface area contributed by atoms with E-state index in [1.807, 2.05) is 19.2 Å². The Kier molecular flexibility index (Phi) is 6.69. The second-order valence-electron chi connectivity index (χ2n) is 7.32. The number of benzene rings is 1. The second kappa shape index (κ2) is 9.20. The minimum atomic E-state index is -0.0986. The zero-order valence-corrected chi connectivity index (χ0v) is 16.4. The van der Waals surface area contributed by atoms with E-state index in [0.717, 1.165) is 43.9 Å². The van der Waals surface area contributed by atoms with E-state index in [1.54, 1.807) is 17.0 Å². The molecular weight excluding hydrogens is 362 g/mol. The van der Waals surface area contributed by atoms with Crippen LogP contribution in [0.25, 0.3) is 0 Å². The van der Waals surface area contributed by atoms with Gasteiger partial charge in [0.15, 0.2) is 12.4 Å². The van der Waals surface area contributed by atoms with Crippen LogP contribution in [0.3, 0.4) is 0 Å². The lowest BCUT2D eigenvalue weighted by Crippen LogP contribution is -2.42. The number of carbonyl (C=O) groups is 1. The molecule has 3 rings (SSSR count). The number of rotatable bonds is 6. The van der Waals surface area contributed by atoms with Gasteiger partial charge in [0.05, 0.1) is 0 Å². The predicted molar refractivity (Wildman–Crippen MR) is 107 cm³/mol. The topological polar surface area (TPSA) is 50.5 Å². The van der Waals surface area contributed by atoms with Gasteiger partial charge in [-0.2, -0.15) is 4.73 Å². The van der Waals surface area contributed by atoms with Crippen LogP contribution in [0.15, 0.2) is 48.8 Å². The highest BCUT2D eigenvalue weighted by molar-refractivity contribution is 6.30. The maximum Gasteiger partial charge on any atom is 0.259 e. The number of piperidine rings is 1. The summed E-state index contributed by atoms with van der Waals surface area (Å²) in [7, 11) is 1.82. The zero-order valence-electron chi connectivity index (χ0n) is 15.7. The Balaban J connectivity index is 1.50. The van der Waals surface area contributed by atoms with Crippen molar-refractivity contribution in [3.05, 3.63) is 70.1 Å². The molecule has 1 amide bonds. The SMILES string of the molecule is CN(C[C@H]1CCCN(CCc2ccc(Cl)cc2)C1)C(=O)c1ccc[n+]([O-])c1. The van der Waals surface area contributed by atoms with Crippen molar-refractivity contribution in [2.24, 2.45) is 5.92 Å². The third-order valence-electron chi connectivity index (χ3n) is 5.13. The first-order valence-corrected chi connectivity index (χ1v) is 9.80. The monoisotopic (exact) mass is 387 g/mol. The molecule has 144 valence electrons. The van der Waals surface area contributed by atoms with E-state index >= 15 is 0 Å². The highest BCUT2D eigenvalue weighted by Gasteiger charge is 2.23. The van der Waals surface area contributed by atoms with Gasteiger partial charge in [0.25, 0.3) is 5.91 Å². The lowest BCUT2D eigenvalue weighted by atomic mass is 9.97. The summed E-state index contributed by atoms with van der Waals surface area (Å²) in [4.78, 5) is 16.8. The van der Waals surface area contributed by atoms with Crippen molar-refractivity contribution in [1.82, 2.24) is 9.80 Å². The quantitative estimate of drug-likeness (QED) is 0.565. The summed E-state index contributed by atoms with van der Waals surface area (Å²) >= 11 is 5.95. The van der Waals surface area contributed by atoms with E-state index in [-0.39, 0.29) is 5.91 Å². The maximum atomic E-state index is 12.5. The molecule has 0 spiro atoms. The number of pyridine rings is 1. The van der Waals surface area contributed by atoms with Crippen molar-refractivity contribution >= 4 is 17.5 Å². The van der Waals surface area contributed by atoms with Gasteiger partial charge in [-0.3, -0.25) is 4.79 Å². The Morgan fingerprint density at radius 3 is 2.85 bits per heavy atom. The fourth-order valence-corrected chi connectivity index (χ4v) is 3.84. The van der Waals surface area contributed by atoms with Gasteiger partial charge in [-0.05, 0) is 55.5 Å². The minimum absolute atomic E-state index is 0.0986. The summed E-state index contributed by atoms with van der Waals surface area (Å²) < 4.78 is 0.667. The van der Waals surface area contributed by atoms with Crippen LogP contribution in [0.2, 0.25) is 5.02 Å². The van der Waals surface area contributed by atoms with Crippen molar-refractivity contribution in [3.63, 3.8) is 0 Å². The van der Waals surface area contributed by atoms with Gasteiger partial charge in [0, 0.05) is 37.8 Å². The molecule has 5 nitrogen and oxygen atoms in total. The highest BCUT2D eigenvalue weighted by atomic mass is 35.5. The fraction of sp³-hybridized carbons (Fsp3) is 0.429. The smallest absolute Gasteiger partial charge is 0.259 e. The van der Waals surface area contributed by atoms with E-state index in [9.17, 15) is 10.0 Å². The van der Waals surface area contributed by atoms with Gasteiger partial charge in [-0.25, -0.2) is 0 Å². The maximum absolute atomic E-state index is 12.5. The lowest BCUT2D eigenvalue weighted by molar-refractivity contribution is -0.605. The molecule has 2 heterocycles. The van der Waals surface area contributed by atoms with Crippen LogP contribution >= 0.6 is 11.6 Å². The summed E-state index contributed by atoms with van der Waals surface area (Å²) in [5.74, 6) is 0.361. The molecule has 1 aromatic carbocycles. The number of amides is 1. The highest BCUT2D eigenvalue weighted by Crippen LogP contribution is 2.19. The van der Waals surface area contributed by atoms with Crippen LogP contribution < -0.4 is 4.73 Å². The number of carbonyl (C=O) groups excluding carboxylic acids is 1. The van der Waals surface area contributed by atoms with Gasteiger partial charge in [0.2, 0.25) is 0 Å². The fourth-order valence-electron chi connectivity index (χ4n) is 3.71. The normalized spacial score (nSPS) is 17.6. The van der Waals surface area contributed by atoms with Crippen molar-refractivity contribution in [2.45, 2.75) is 19.3 Å². The van der Waals surface area contributed by atoms with Crippen molar-refractivity contribution in [2.75, 3.05) is 33.2 Å². The molecule has 1 aliphatic rings. The molecule has 0 bridgehead atoms. The number of hydrogen-bond acceptors (Lipinski definition) is 3. The summed E-state index contributed by atoms with van der Waals surface area (Å²) in [6, 6.07) is 11.3. The van der Waals surface area contributed by atoms with Crippen LogP contribution in [0, 0.1) is 11.1 Å². The number of likely N-dealkylation sites (tertiary alicyclic amines) is 1. The first-order valence-electron chi connectivity index (χ1n) is 9.42. The van der Waals surface area contributed by atoms with E-state index in [4.69, 9.17) is 11.6 Å². The van der Waals surface area contributed by atoms with Crippen molar-refractivity contribution in [3.8, 4) is 0 Å². The zero-order chi connectivity index (χ0) is 19.2. The number of halogens is 1. The van der Waals surface area contributed by atoms with Crippen molar-refractivity contribution in [1.29, 1.82) is 0 Å². The average Bonchev–Trinajstić information content (AvgIpc) is 2.67. The molecule has 0 radical (unpaired) electrons. The van der Waals surface area contributed by atoms with Gasteiger partial charge in [0.1, 0.15) is 5.56 Å². The van der Waals surface area contributed by atoms with Gasteiger partial charge in [-0.1, -0.05) is 23.7 Å². The van der Waals surface area contributed by atoms with E-state index < -0.39 is 0 Å². The molecule has 27 heavy (non-hydrogen) atoms. The van der Waals surface area contributed by atoms with Crippen LogP contribution in [0.4, 0.5) is 0 Å². The molecule has 1 aliphatic heterocycles. The second-order valence-corrected chi connectivity index (χ2v) is 7.76. The molecule has 0 saturated carbocycles. The minimum Gasteiger partial charge on any atom is -0.619 e. The summed E-state index contributed by atoms with van der Waals surface area (Å²) in [5.41, 5.74) is 1.73. The Morgan fingerprint density at radius 1 is 1.33 bits per heavy atom. The summed E-state index contributed by atoms with van der Waals surface area (Å²) in [5, 5.41) is 12.2. The van der Waals surface area contributed by atoms with Gasteiger partial charge >= 0.3 is 0 Å². The van der Waals surface area contributed by atoms with E-state index in [1.165, 1.54) is 18.0 Å². The molecule has 0 N–H and O–H groups in total. The molecule has 1 atom stereocenters. The van der Waals surface area contributed by atoms with E-state index in [0.29, 0.717) is 22.8 Å². The Morgan fingerprint density at radius 2 is 2.11 bits per heavy atom. The summed E-state index contributed by atoms with van der Waals surface area (Å²) in [6.07, 6.45) is 6.01. The van der Waals surface area contributed by atoms with Crippen LogP contribution in [0.1, 0.15) is 28.8 Å². The third kappa shape index (κ3) is 5.68. The molecule has 1 saturated heterocycles. The molecular formula is C21H26ClN3O2. The van der Waals surface area contributed by atoms with Crippen LogP contribution in [0.5, 0.6) is 0 Å². The van der Waals surface area contributed by atoms with Crippen molar-refractivity contribution < 1.29 is 9.52 Å². The number of aromatic nitrogens is 1. The Bertz CT molecular complexity index is 766. The molecule has 0 unspecified atom stereocenters.